The third-order valence-corrected chi connectivity index (χ3v) is 11.6. The Labute approximate surface area is 197 Å². The number of imidazole rings is 1. The van der Waals surface area contributed by atoms with Gasteiger partial charge < -0.3 is 5.11 Å². The third-order valence-electron chi connectivity index (χ3n) is 11.6. The number of aliphatic hydroxyl groups excluding tert-OH is 1. The van der Waals surface area contributed by atoms with E-state index in [9.17, 15) is 5.11 Å². The van der Waals surface area contributed by atoms with Crippen LogP contribution in [0.5, 0.6) is 0 Å². The summed E-state index contributed by atoms with van der Waals surface area (Å²) in [5, 5.41) is 10.3. The molecule has 9 atom stereocenters. The lowest BCUT2D eigenvalue weighted by molar-refractivity contribution is -0.697. The summed E-state index contributed by atoms with van der Waals surface area (Å²) in [6, 6.07) is 0. The molecular formula is C29H49N2O+. The fraction of sp³-hybridized carbons (Fsp3) is 0.897. The van der Waals surface area contributed by atoms with E-state index >= 15 is 0 Å². The third kappa shape index (κ3) is 3.79. The molecule has 32 heavy (non-hydrogen) atoms. The lowest BCUT2D eigenvalue weighted by Crippen LogP contribution is -2.54. The van der Waals surface area contributed by atoms with Crippen LogP contribution in [-0.4, -0.2) is 15.8 Å². The Kier molecular flexibility index (Phi) is 6.27. The molecule has 4 aliphatic carbocycles. The summed E-state index contributed by atoms with van der Waals surface area (Å²) < 4.78 is 4.65. The van der Waals surface area contributed by atoms with Gasteiger partial charge in [-0.15, -0.1) is 0 Å². The van der Waals surface area contributed by atoms with Gasteiger partial charge in [-0.05, 0) is 124 Å². The predicted octanol–water partition coefficient (Wildman–Crippen LogP) is 6.23. The molecule has 3 heteroatoms. The molecule has 4 aliphatic rings. The second-order valence-electron chi connectivity index (χ2n) is 12.9. The van der Waals surface area contributed by atoms with Crippen LogP contribution in [0.15, 0.2) is 18.7 Å². The zero-order chi connectivity index (χ0) is 22.5. The van der Waals surface area contributed by atoms with Crippen molar-refractivity contribution in [3.8, 4) is 0 Å². The number of rotatable bonds is 6. The molecule has 1 N–H and O–H groups in total. The van der Waals surface area contributed by atoms with Crippen LogP contribution in [0.4, 0.5) is 0 Å². The Hall–Kier alpha value is -0.830. The van der Waals surface area contributed by atoms with Gasteiger partial charge in [0.05, 0.1) is 19.2 Å². The molecule has 1 aromatic rings. The van der Waals surface area contributed by atoms with E-state index in [1.807, 2.05) is 0 Å². The quantitative estimate of drug-likeness (QED) is 0.521. The van der Waals surface area contributed by atoms with Gasteiger partial charge in [-0.3, -0.25) is 0 Å². The number of hydrogen-bond donors (Lipinski definition) is 1. The zero-order valence-corrected chi connectivity index (χ0v) is 21.3. The molecule has 0 bridgehead atoms. The van der Waals surface area contributed by atoms with Crippen molar-refractivity contribution in [1.29, 1.82) is 0 Å². The van der Waals surface area contributed by atoms with Crippen molar-refractivity contribution >= 4 is 0 Å². The highest BCUT2D eigenvalue weighted by molar-refractivity contribution is 5.09. The Balaban J connectivity index is 1.22. The number of aromatic nitrogens is 2. The van der Waals surface area contributed by atoms with Crippen molar-refractivity contribution in [1.82, 2.24) is 4.57 Å². The first-order chi connectivity index (χ1) is 15.3. The number of aliphatic hydroxyl groups is 1. The lowest BCUT2D eigenvalue weighted by atomic mass is 9.44. The van der Waals surface area contributed by atoms with Crippen LogP contribution in [0.2, 0.25) is 0 Å². The molecule has 1 heterocycles. The van der Waals surface area contributed by atoms with Crippen molar-refractivity contribution in [3.63, 3.8) is 0 Å². The Bertz CT molecular complexity index is 788. The van der Waals surface area contributed by atoms with Gasteiger partial charge in [0.1, 0.15) is 12.4 Å². The topological polar surface area (TPSA) is 29.0 Å². The SMILES string of the molecule is CCn1cc[n+](CCC[C@@H](C)[C@H]2CC[C@H]3[C@@H]4CC[C@@H]5C[C@H](O)CC[C@]5(C)[C@H]4CC[C@]23C)c1. The largest absolute Gasteiger partial charge is 0.393 e. The fourth-order valence-corrected chi connectivity index (χ4v) is 9.77. The van der Waals surface area contributed by atoms with Crippen LogP contribution in [0.3, 0.4) is 0 Å². The lowest BCUT2D eigenvalue weighted by Gasteiger charge is -2.61. The van der Waals surface area contributed by atoms with E-state index in [0.29, 0.717) is 10.8 Å². The highest BCUT2D eigenvalue weighted by Crippen LogP contribution is 2.68. The maximum absolute atomic E-state index is 10.3. The van der Waals surface area contributed by atoms with E-state index < -0.39 is 0 Å². The molecule has 1 aromatic heterocycles. The molecule has 180 valence electrons. The zero-order valence-electron chi connectivity index (χ0n) is 21.3. The molecule has 0 aromatic carbocycles. The summed E-state index contributed by atoms with van der Waals surface area (Å²) in [6.45, 7) is 12.4. The van der Waals surface area contributed by atoms with Gasteiger partial charge in [-0.25, -0.2) is 9.13 Å². The van der Waals surface area contributed by atoms with E-state index in [1.165, 1.54) is 64.3 Å². The van der Waals surface area contributed by atoms with Crippen molar-refractivity contribution < 1.29 is 9.67 Å². The van der Waals surface area contributed by atoms with Gasteiger partial charge in [-0.1, -0.05) is 20.8 Å². The number of hydrogen-bond acceptors (Lipinski definition) is 1. The smallest absolute Gasteiger partial charge is 0.243 e. The first kappa shape index (κ1) is 22.9. The molecule has 0 spiro atoms. The normalized spacial score (nSPS) is 44.5. The van der Waals surface area contributed by atoms with Gasteiger partial charge in [-0.2, -0.15) is 0 Å². The van der Waals surface area contributed by atoms with E-state index in [0.717, 1.165) is 54.9 Å². The molecular weight excluding hydrogens is 392 g/mol. The second-order valence-corrected chi connectivity index (χ2v) is 12.9. The van der Waals surface area contributed by atoms with Gasteiger partial charge in [0.15, 0.2) is 0 Å². The van der Waals surface area contributed by atoms with E-state index in [2.05, 4.69) is 55.6 Å². The molecule has 4 fully saturated rings. The predicted molar refractivity (Wildman–Crippen MR) is 130 cm³/mol. The van der Waals surface area contributed by atoms with E-state index in [4.69, 9.17) is 0 Å². The summed E-state index contributed by atoms with van der Waals surface area (Å²) in [6.07, 6.45) is 21.5. The summed E-state index contributed by atoms with van der Waals surface area (Å²) in [7, 11) is 0. The molecule has 3 nitrogen and oxygen atoms in total. The number of aryl methyl sites for hydroxylation is 2. The fourth-order valence-electron chi connectivity index (χ4n) is 9.77. The Morgan fingerprint density at radius 1 is 1.03 bits per heavy atom. The molecule has 0 amide bonds. The Morgan fingerprint density at radius 2 is 1.81 bits per heavy atom. The average molecular weight is 442 g/mol. The standard InChI is InChI=1S/C29H49N2O/c1-5-30-17-18-31(20-30)16-6-7-21(2)25-10-11-26-24-9-8-22-19-23(32)12-14-28(22,3)27(24)13-15-29(25,26)4/h17-18,20-27,32H,5-16,19H2,1-4H3/q+1/t21-,22-,23-,24+,25-,26+,27+,28+,29-/m1/s1. The molecule has 4 saturated carbocycles. The Morgan fingerprint density at radius 3 is 2.59 bits per heavy atom. The van der Waals surface area contributed by atoms with E-state index in [1.54, 1.807) is 0 Å². The van der Waals surface area contributed by atoms with Crippen LogP contribution in [-0.2, 0) is 13.1 Å². The van der Waals surface area contributed by atoms with Crippen molar-refractivity contribution in [3.05, 3.63) is 18.7 Å². The highest BCUT2D eigenvalue weighted by Gasteiger charge is 2.60. The minimum absolute atomic E-state index is 0.0195. The minimum Gasteiger partial charge on any atom is -0.393 e. The van der Waals surface area contributed by atoms with Gasteiger partial charge >= 0.3 is 0 Å². The van der Waals surface area contributed by atoms with Gasteiger partial charge in [0, 0.05) is 0 Å². The van der Waals surface area contributed by atoms with Crippen LogP contribution < -0.4 is 4.57 Å². The number of fused-ring (bicyclic) bond motifs is 5. The van der Waals surface area contributed by atoms with Gasteiger partial charge in [0.2, 0.25) is 6.33 Å². The van der Waals surface area contributed by atoms with Crippen LogP contribution in [0.1, 0.15) is 98.3 Å². The van der Waals surface area contributed by atoms with E-state index in [-0.39, 0.29) is 6.10 Å². The monoisotopic (exact) mass is 441 g/mol. The summed E-state index contributed by atoms with van der Waals surface area (Å²) in [5.41, 5.74) is 1.09. The van der Waals surface area contributed by atoms with Crippen molar-refractivity contribution in [2.75, 3.05) is 0 Å². The molecule has 5 rings (SSSR count). The molecule has 0 saturated heterocycles. The summed E-state index contributed by atoms with van der Waals surface area (Å²) in [4.78, 5) is 0. The maximum atomic E-state index is 10.3. The van der Waals surface area contributed by atoms with Gasteiger partial charge in [0.25, 0.3) is 0 Å². The number of nitrogens with zero attached hydrogens (tertiary/aromatic N) is 2. The first-order valence-corrected chi connectivity index (χ1v) is 14.1. The minimum atomic E-state index is -0.0195. The maximum Gasteiger partial charge on any atom is 0.243 e. The second kappa shape index (κ2) is 8.75. The van der Waals surface area contributed by atoms with Crippen molar-refractivity contribution in [2.24, 2.45) is 46.3 Å². The molecule has 0 unspecified atom stereocenters. The molecule has 0 radical (unpaired) electrons. The summed E-state index contributed by atoms with van der Waals surface area (Å²) in [5.74, 6) is 5.43. The molecule has 0 aliphatic heterocycles. The highest BCUT2D eigenvalue weighted by atomic mass is 16.3. The average Bonchev–Trinajstić information content (AvgIpc) is 3.38. The first-order valence-electron chi connectivity index (χ1n) is 14.1. The van der Waals surface area contributed by atoms with Crippen LogP contribution in [0.25, 0.3) is 0 Å². The summed E-state index contributed by atoms with van der Waals surface area (Å²) >= 11 is 0. The van der Waals surface area contributed by atoms with Crippen molar-refractivity contribution in [2.45, 2.75) is 118 Å². The van der Waals surface area contributed by atoms with Crippen LogP contribution >= 0.6 is 0 Å². The van der Waals surface area contributed by atoms with Crippen LogP contribution in [0, 0.1) is 46.3 Å².